The van der Waals surface area contributed by atoms with Crippen LogP contribution in [0.4, 0.5) is 0 Å². The zero-order valence-electron chi connectivity index (χ0n) is 10.9. The van der Waals surface area contributed by atoms with Gasteiger partial charge in [-0.2, -0.15) is 17.0 Å². The maximum atomic E-state index is 12.6. The van der Waals surface area contributed by atoms with Crippen LogP contribution in [0.5, 0.6) is 0 Å². The van der Waals surface area contributed by atoms with E-state index in [0.29, 0.717) is 31.5 Å². The molecule has 0 aromatic heterocycles. The van der Waals surface area contributed by atoms with Crippen LogP contribution in [-0.2, 0) is 14.9 Å². The van der Waals surface area contributed by atoms with Crippen molar-refractivity contribution in [1.82, 2.24) is 8.61 Å². The van der Waals surface area contributed by atoms with Crippen LogP contribution in [0.25, 0.3) is 0 Å². The Hall–Kier alpha value is -0.170. The Labute approximate surface area is 109 Å². The molecule has 18 heavy (non-hydrogen) atoms. The fourth-order valence-electron chi connectivity index (χ4n) is 3.54. The van der Waals surface area contributed by atoms with Crippen molar-refractivity contribution in [3.8, 4) is 0 Å². The van der Waals surface area contributed by atoms with Gasteiger partial charge in [0, 0.05) is 26.2 Å². The number of morpholine rings is 1. The summed E-state index contributed by atoms with van der Waals surface area (Å²) in [4.78, 5) is 0. The fourth-order valence-corrected chi connectivity index (χ4v) is 5.33. The molecule has 0 N–H and O–H groups in total. The molecule has 0 unspecified atom stereocenters. The molecule has 0 bridgehead atoms. The van der Waals surface area contributed by atoms with E-state index in [2.05, 4.69) is 0 Å². The quantitative estimate of drug-likeness (QED) is 0.744. The van der Waals surface area contributed by atoms with Crippen molar-refractivity contribution >= 4 is 10.2 Å². The lowest BCUT2D eigenvalue weighted by Crippen LogP contribution is -2.50. The van der Waals surface area contributed by atoms with Crippen LogP contribution < -0.4 is 0 Å². The Kier molecular flexibility index (Phi) is 3.38. The van der Waals surface area contributed by atoms with Crippen LogP contribution in [0.2, 0.25) is 0 Å². The summed E-state index contributed by atoms with van der Waals surface area (Å²) in [7, 11) is -3.25. The lowest BCUT2D eigenvalue weighted by molar-refractivity contribution is 0.00843. The smallest absolute Gasteiger partial charge is 0.282 e. The highest BCUT2D eigenvalue weighted by Crippen LogP contribution is 2.39. The van der Waals surface area contributed by atoms with Gasteiger partial charge in [-0.1, -0.05) is 6.42 Å². The number of nitrogens with zero attached hydrogens (tertiary/aromatic N) is 2. The Morgan fingerprint density at radius 3 is 2.33 bits per heavy atom. The van der Waals surface area contributed by atoms with Crippen molar-refractivity contribution in [2.24, 2.45) is 11.8 Å². The summed E-state index contributed by atoms with van der Waals surface area (Å²) in [6, 6.07) is 0. The fraction of sp³-hybridized carbons (Fsp3) is 1.00. The minimum absolute atomic E-state index is 0.00984. The monoisotopic (exact) mass is 274 g/mol. The summed E-state index contributed by atoms with van der Waals surface area (Å²) >= 11 is 0. The van der Waals surface area contributed by atoms with Crippen LogP contribution in [0, 0.1) is 11.8 Å². The molecule has 0 aromatic rings. The van der Waals surface area contributed by atoms with Gasteiger partial charge in [0.15, 0.2) is 0 Å². The molecule has 0 aromatic carbocycles. The maximum absolute atomic E-state index is 12.6. The van der Waals surface area contributed by atoms with Crippen molar-refractivity contribution in [3.63, 3.8) is 0 Å². The average molecular weight is 274 g/mol. The predicted molar refractivity (Wildman–Crippen MR) is 68.3 cm³/mol. The van der Waals surface area contributed by atoms with E-state index in [4.69, 9.17) is 4.74 Å². The molecule has 3 rings (SSSR count). The molecule has 104 valence electrons. The van der Waals surface area contributed by atoms with Crippen LogP contribution >= 0.6 is 0 Å². The van der Waals surface area contributed by atoms with Crippen molar-refractivity contribution < 1.29 is 13.2 Å². The maximum Gasteiger partial charge on any atom is 0.282 e. The molecular formula is C12H22N2O3S. The first-order chi connectivity index (χ1) is 8.57. The van der Waals surface area contributed by atoms with Gasteiger partial charge in [-0.3, -0.25) is 0 Å². The van der Waals surface area contributed by atoms with Crippen LogP contribution in [0.15, 0.2) is 0 Å². The third-order valence-corrected chi connectivity index (χ3v) is 6.48. The molecule has 0 amide bonds. The van der Waals surface area contributed by atoms with Crippen molar-refractivity contribution in [2.45, 2.75) is 32.3 Å². The topological polar surface area (TPSA) is 49.9 Å². The molecule has 2 saturated heterocycles. The summed E-state index contributed by atoms with van der Waals surface area (Å²) in [6.07, 6.45) is 3.69. The normalized spacial score (nSPS) is 39.1. The second-order valence-corrected chi connectivity index (χ2v) is 7.74. The molecular weight excluding hydrogens is 252 g/mol. The van der Waals surface area contributed by atoms with Gasteiger partial charge < -0.3 is 4.74 Å². The van der Waals surface area contributed by atoms with Gasteiger partial charge in [-0.05, 0) is 31.6 Å². The summed E-state index contributed by atoms with van der Waals surface area (Å²) < 4.78 is 33.8. The van der Waals surface area contributed by atoms with Crippen molar-refractivity contribution in [3.05, 3.63) is 0 Å². The molecule has 2 heterocycles. The van der Waals surface area contributed by atoms with Crippen molar-refractivity contribution in [1.29, 1.82) is 0 Å². The van der Waals surface area contributed by atoms with Crippen LogP contribution in [0.1, 0.15) is 26.2 Å². The molecule has 3 aliphatic rings. The third-order valence-electron chi connectivity index (χ3n) is 4.55. The lowest BCUT2D eigenvalue weighted by Gasteiger charge is -2.33. The van der Waals surface area contributed by atoms with E-state index in [1.807, 2.05) is 6.92 Å². The van der Waals surface area contributed by atoms with E-state index in [0.717, 1.165) is 13.1 Å². The highest BCUT2D eigenvalue weighted by molar-refractivity contribution is 7.86. The average Bonchev–Trinajstić information content (AvgIpc) is 2.89. The SMILES string of the molecule is C[C@@H]1CN(S(=O)(=O)N2C[C@@H]3CCC[C@H]3C2)CCO1. The first kappa shape index (κ1) is 12.8. The summed E-state index contributed by atoms with van der Waals surface area (Å²) in [5.74, 6) is 1.22. The summed E-state index contributed by atoms with van der Waals surface area (Å²) in [5, 5.41) is 0. The second-order valence-electron chi connectivity index (χ2n) is 5.82. The molecule has 3 atom stereocenters. The molecule has 6 heteroatoms. The van der Waals surface area contributed by atoms with Gasteiger partial charge in [0.1, 0.15) is 0 Å². The van der Waals surface area contributed by atoms with Crippen LogP contribution in [0.3, 0.4) is 0 Å². The van der Waals surface area contributed by atoms with Gasteiger partial charge in [0.25, 0.3) is 10.2 Å². The van der Waals surface area contributed by atoms with E-state index in [-0.39, 0.29) is 6.10 Å². The predicted octanol–water partition coefficient (Wildman–Crippen LogP) is 0.684. The molecule has 3 fully saturated rings. The lowest BCUT2D eigenvalue weighted by atomic mass is 10.0. The van der Waals surface area contributed by atoms with Crippen LogP contribution in [-0.4, -0.2) is 55.9 Å². The highest BCUT2D eigenvalue weighted by atomic mass is 32.2. The Morgan fingerprint density at radius 1 is 1.06 bits per heavy atom. The summed E-state index contributed by atoms with van der Waals surface area (Å²) in [6.45, 7) is 4.91. The van der Waals surface area contributed by atoms with Gasteiger partial charge in [-0.15, -0.1) is 0 Å². The summed E-state index contributed by atoms with van der Waals surface area (Å²) in [5.41, 5.74) is 0. The van der Waals surface area contributed by atoms with E-state index >= 15 is 0 Å². The zero-order valence-corrected chi connectivity index (χ0v) is 11.7. The van der Waals surface area contributed by atoms with E-state index in [9.17, 15) is 8.42 Å². The molecule has 2 aliphatic heterocycles. The molecule has 5 nitrogen and oxygen atoms in total. The number of hydrogen-bond acceptors (Lipinski definition) is 3. The minimum Gasteiger partial charge on any atom is -0.376 e. The Balaban J connectivity index is 1.71. The number of ether oxygens (including phenoxy) is 1. The number of hydrogen-bond donors (Lipinski definition) is 0. The van der Waals surface area contributed by atoms with E-state index in [1.54, 1.807) is 8.61 Å². The standard InChI is InChI=1S/C12H22N2O3S/c1-10-7-13(5-6-17-10)18(15,16)14-8-11-3-2-4-12(11)9-14/h10-12H,2-9H2,1H3/t10-,11+,12+/m1/s1. The Bertz CT molecular complexity index is 400. The van der Waals surface area contributed by atoms with Gasteiger partial charge in [0.2, 0.25) is 0 Å². The molecule has 0 spiro atoms. The first-order valence-electron chi connectivity index (χ1n) is 6.94. The molecule has 1 aliphatic carbocycles. The minimum atomic E-state index is -3.25. The van der Waals surface area contributed by atoms with Gasteiger partial charge in [-0.25, -0.2) is 0 Å². The second kappa shape index (κ2) is 4.74. The number of fused-ring (bicyclic) bond motifs is 1. The van der Waals surface area contributed by atoms with Gasteiger partial charge >= 0.3 is 0 Å². The zero-order chi connectivity index (χ0) is 12.8. The van der Waals surface area contributed by atoms with E-state index < -0.39 is 10.2 Å². The first-order valence-corrected chi connectivity index (χ1v) is 8.34. The largest absolute Gasteiger partial charge is 0.376 e. The molecule has 1 saturated carbocycles. The third kappa shape index (κ3) is 2.19. The Morgan fingerprint density at radius 2 is 1.72 bits per heavy atom. The van der Waals surface area contributed by atoms with E-state index in [1.165, 1.54) is 19.3 Å². The number of rotatable bonds is 2. The van der Waals surface area contributed by atoms with Gasteiger partial charge in [0.05, 0.1) is 12.7 Å². The highest BCUT2D eigenvalue weighted by Gasteiger charge is 2.43. The van der Waals surface area contributed by atoms with Crippen molar-refractivity contribution in [2.75, 3.05) is 32.8 Å². The molecule has 0 radical (unpaired) electrons.